The Kier molecular flexibility index (Phi) is 5.34. The molecule has 1 aliphatic carbocycles. The van der Waals surface area contributed by atoms with Crippen LogP contribution in [0.3, 0.4) is 0 Å². The number of benzene rings is 1. The Labute approximate surface area is 162 Å². The van der Waals surface area contributed by atoms with Gasteiger partial charge in [-0.15, -0.1) is 13.2 Å². The third-order valence-corrected chi connectivity index (χ3v) is 4.61. The van der Waals surface area contributed by atoms with Crippen molar-refractivity contribution < 1.29 is 35.9 Å². The van der Waals surface area contributed by atoms with Crippen molar-refractivity contribution in [2.75, 3.05) is 5.32 Å². The van der Waals surface area contributed by atoms with Crippen LogP contribution in [0, 0.1) is 0 Å². The molecule has 152 valence electrons. The van der Waals surface area contributed by atoms with Gasteiger partial charge in [0.15, 0.2) is 5.69 Å². The van der Waals surface area contributed by atoms with Crippen molar-refractivity contribution in [2.24, 2.45) is 0 Å². The van der Waals surface area contributed by atoms with E-state index >= 15 is 0 Å². The number of carbonyl (C=O) groups is 1. The van der Waals surface area contributed by atoms with Gasteiger partial charge in [-0.2, -0.15) is 18.3 Å². The first-order valence-electron chi connectivity index (χ1n) is 7.93. The molecule has 0 saturated heterocycles. The van der Waals surface area contributed by atoms with Crippen LogP contribution >= 0.6 is 15.9 Å². The molecule has 1 heterocycles. The van der Waals surface area contributed by atoms with Crippen LogP contribution in [-0.4, -0.2) is 22.1 Å². The Balaban J connectivity index is 1.71. The van der Waals surface area contributed by atoms with Crippen LogP contribution < -0.4 is 10.1 Å². The highest BCUT2D eigenvalue weighted by molar-refractivity contribution is 9.10. The summed E-state index contributed by atoms with van der Waals surface area (Å²) in [6.07, 6.45) is -8.11. The minimum Gasteiger partial charge on any atom is -0.406 e. The predicted molar refractivity (Wildman–Crippen MR) is 88.7 cm³/mol. The van der Waals surface area contributed by atoms with Gasteiger partial charge >= 0.3 is 12.5 Å². The first kappa shape index (κ1) is 20.5. The molecule has 0 bridgehead atoms. The smallest absolute Gasteiger partial charge is 0.406 e. The molecule has 3 rings (SSSR count). The van der Waals surface area contributed by atoms with Crippen molar-refractivity contribution in [3.8, 4) is 5.75 Å². The van der Waals surface area contributed by atoms with E-state index in [0.29, 0.717) is 18.5 Å². The molecule has 1 saturated carbocycles. The maximum Gasteiger partial charge on any atom is 0.573 e. The Morgan fingerprint density at radius 1 is 1.18 bits per heavy atom. The molecule has 0 spiro atoms. The molecule has 1 amide bonds. The largest absolute Gasteiger partial charge is 0.573 e. The Bertz CT molecular complexity index is 872. The SMILES string of the molecule is O=C(Cn1nc(C(F)(F)F)c(Br)c1C1CC1)Nc1ccc(OC(F)(F)F)cc1. The highest BCUT2D eigenvalue weighted by Crippen LogP contribution is 2.46. The molecular weight excluding hydrogens is 460 g/mol. The number of amides is 1. The van der Waals surface area contributed by atoms with Crippen LogP contribution in [0.1, 0.15) is 30.1 Å². The van der Waals surface area contributed by atoms with Gasteiger partial charge in [-0.05, 0) is 53.0 Å². The lowest BCUT2D eigenvalue weighted by atomic mass is 10.2. The van der Waals surface area contributed by atoms with E-state index < -0.39 is 36.4 Å². The number of rotatable bonds is 5. The monoisotopic (exact) mass is 471 g/mol. The standard InChI is InChI=1S/C16H12BrF6N3O2/c17-12-13(8-1-2-8)26(25-14(12)15(18,19)20)7-11(27)24-9-3-5-10(6-4-9)28-16(21,22)23/h3-6,8H,1-2,7H2,(H,24,27). The summed E-state index contributed by atoms with van der Waals surface area (Å²) in [7, 11) is 0. The van der Waals surface area contributed by atoms with E-state index in [0.717, 1.165) is 16.8 Å². The van der Waals surface area contributed by atoms with E-state index in [1.807, 2.05) is 0 Å². The van der Waals surface area contributed by atoms with Crippen molar-refractivity contribution in [3.63, 3.8) is 0 Å². The summed E-state index contributed by atoms with van der Waals surface area (Å²) in [6, 6.07) is 4.37. The molecule has 0 unspecified atom stereocenters. The summed E-state index contributed by atoms with van der Waals surface area (Å²) in [5.41, 5.74) is -0.637. The normalized spacial score (nSPS) is 14.8. The van der Waals surface area contributed by atoms with E-state index in [4.69, 9.17) is 0 Å². The maximum absolute atomic E-state index is 13.1. The summed E-state index contributed by atoms with van der Waals surface area (Å²) >= 11 is 2.93. The van der Waals surface area contributed by atoms with Gasteiger partial charge in [0.25, 0.3) is 0 Å². The average molecular weight is 472 g/mol. The fraction of sp³-hybridized carbons (Fsp3) is 0.375. The molecule has 0 radical (unpaired) electrons. The van der Waals surface area contributed by atoms with Gasteiger partial charge in [-0.1, -0.05) is 0 Å². The Hall–Kier alpha value is -2.24. The average Bonchev–Trinajstić information content (AvgIpc) is 3.31. The fourth-order valence-electron chi connectivity index (χ4n) is 2.58. The number of ether oxygens (including phenoxy) is 1. The number of carbonyl (C=O) groups excluding carboxylic acids is 1. The third kappa shape index (κ3) is 4.97. The molecule has 0 atom stereocenters. The van der Waals surface area contributed by atoms with Gasteiger partial charge < -0.3 is 10.1 Å². The van der Waals surface area contributed by atoms with Gasteiger partial charge in [0, 0.05) is 11.6 Å². The Morgan fingerprint density at radius 2 is 1.79 bits per heavy atom. The second kappa shape index (κ2) is 7.30. The summed E-state index contributed by atoms with van der Waals surface area (Å²) in [4.78, 5) is 12.2. The second-order valence-electron chi connectivity index (χ2n) is 6.10. The van der Waals surface area contributed by atoms with E-state index in [1.54, 1.807) is 0 Å². The molecular formula is C16H12BrF6N3O2. The molecule has 28 heavy (non-hydrogen) atoms. The van der Waals surface area contributed by atoms with Gasteiger partial charge in [0.1, 0.15) is 12.3 Å². The highest BCUT2D eigenvalue weighted by Gasteiger charge is 2.42. The first-order chi connectivity index (χ1) is 12.9. The van der Waals surface area contributed by atoms with Gasteiger partial charge in [0.2, 0.25) is 5.91 Å². The number of alkyl halides is 6. The number of hydrogen-bond donors (Lipinski definition) is 1. The fourth-order valence-corrected chi connectivity index (χ4v) is 3.41. The molecule has 1 aromatic heterocycles. The van der Waals surface area contributed by atoms with E-state index in [1.165, 1.54) is 12.1 Å². The van der Waals surface area contributed by atoms with Crippen molar-refractivity contribution in [3.05, 3.63) is 40.1 Å². The van der Waals surface area contributed by atoms with Gasteiger partial charge in [0.05, 0.1) is 10.2 Å². The van der Waals surface area contributed by atoms with E-state index in [-0.39, 0.29) is 16.1 Å². The molecule has 0 aliphatic heterocycles. The van der Waals surface area contributed by atoms with Crippen LogP contribution in [0.5, 0.6) is 5.75 Å². The third-order valence-electron chi connectivity index (χ3n) is 3.83. The van der Waals surface area contributed by atoms with Gasteiger partial charge in [-0.3, -0.25) is 9.48 Å². The number of hydrogen-bond acceptors (Lipinski definition) is 3. The molecule has 1 aromatic carbocycles. The van der Waals surface area contributed by atoms with E-state index in [9.17, 15) is 31.1 Å². The number of nitrogens with one attached hydrogen (secondary N) is 1. The van der Waals surface area contributed by atoms with Crippen LogP contribution in [0.2, 0.25) is 0 Å². The highest BCUT2D eigenvalue weighted by atomic mass is 79.9. The Morgan fingerprint density at radius 3 is 2.29 bits per heavy atom. The van der Waals surface area contributed by atoms with Crippen LogP contribution in [0.25, 0.3) is 0 Å². The molecule has 2 aromatic rings. The number of anilines is 1. The summed E-state index contributed by atoms with van der Waals surface area (Å²) in [5, 5.41) is 5.92. The van der Waals surface area contributed by atoms with Crippen LogP contribution in [0.4, 0.5) is 32.0 Å². The zero-order chi connectivity index (χ0) is 20.7. The van der Waals surface area contributed by atoms with Crippen molar-refractivity contribution in [2.45, 2.75) is 37.8 Å². The lowest BCUT2D eigenvalue weighted by Gasteiger charge is -2.11. The molecule has 1 N–H and O–H groups in total. The second-order valence-corrected chi connectivity index (χ2v) is 6.89. The van der Waals surface area contributed by atoms with Crippen molar-refractivity contribution in [1.29, 1.82) is 0 Å². The van der Waals surface area contributed by atoms with Crippen molar-refractivity contribution >= 4 is 27.5 Å². The minimum atomic E-state index is -4.84. The topological polar surface area (TPSA) is 56.2 Å². The molecule has 1 fully saturated rings. The molecule has 12 heteroatoms. The molecule has 1 aliphatic rings. The number of nitrogens with zero attached hydrogens (tertiary/aromatic N) is 2. The predicted octanol–water partition coefficient (Wildman–Crippen LogP) is 5.08. The quantitative estimate of drug-likeness (QED) is 0.618. The van der Waals surface area contributed by atoms with Crippen LogP contribution in [0.15, 0.2) is 28.7 Å². The summed E-state index contributed by atoms with van der Waals surface area (Å²) in [6.45, 7) is -0.471. The summed E-state index contributed by atoms with van der Waals surface area (Å²) in [5.74, 6) is -1.24. The summed E-state index contributed by atoms with van der Waals surface area (Å²) < 4.78 is 80.1. The zero-order valence-electron chi connectivity index (χ0n) is 13.9. The number of halogens is 7. The number of aromatic nitrogens is 2. The van der Waals surface area contributed by atoms with E-state index in [2.05, 4.69) is 31.1 Å². The maximum atomic E-state index is 13.1. The zero-order valence-corrected chi connectivity index (χ0v) is 15.5. The lowest BCUT2D eigenvalue weighted by Crippen LogP contribution is -2.21. The lowest BCUT2D eigenvalue weighted by molar-refractivity contribution is -0.274. The molecule has 5 nitrogen and oxygen atoms in total. The first-order valence-corrected chi connectivity index (χ1v) is 8.72. The van der Waals surface area contributed by atoms with Crippen molar-refractivity contribution in [1.82, 2.24) is 9.78 Å². The van der Waals surface area contributed by atoms with Crippen LogP contribution in [-0.2, 0) is 17.5 Å². The minimum absolute atomic E-state index is 0.107. The van der Waals surface area contributed by atoms with Gasteiger partial charge in [-0.25, -0.2) is 0 Å².